The molecule has 2 aromatic heterocycles. The van der Waals surface area contributed by atoms with Crippen molar-refractivity contribution in [3.63, 3.8) is 0 Å². The number of nitrogens with one attached hydrogen (secondary N) is 1. The lowest BCUT2D eigenvalue weighted by atomic mass is 10.0. The fraction of sp³-hybridized carbons (Fsp3) is 0.435. The van der Waals surface area contributed by atoms with Gasteiger partial charge in [0.15, 0.2) is 17.1 Å². The summed E-state index contributed by atoms with van der Waals surface area (Å²) in [7, 11) is 3.26. The van der Waals surface area contributed by atoms with E-state index in [4.69, 9.17) is 19.6 Å². The second-order valence-electron chi connectivity index (χ2n) is 7.98. The van der Waals surface area contributed by atoms with E-state index < -0.39 is 0 Å². The first-order valence-electron chi connectivity index (χ1n) is 10.5. The number of amides is 1. The SMILES string of the molecule is COc1ccc(-c2c(C)nc3c(N4CCC(NC(C)=O)CC4)cc(C)nn23)cc1OC. The van der Waals surface area contributed by atoms with E-state index >= 15 is 0 Å². The van der Waals surface area contributed by atoms with Crippen LogP contribution in [-0.2, 0) is 4.79 Å². The second kappa shape index (κ2) is 8.45. The molecule has 3 heterocycles. The molecule has 0 bridgehead atoms. The standard InChI is InChI=1S/C23H29N5O3/c1-14-12-19(27-10-8-18(9-11-27)25-16(3)29)23-24-15(2)22(28(23)26-14)17-6-7-20(30-4)21(13-17)31-5/h6-7,12-13,18H,8-11H2,1-5H3,(H,25,29). The monoisotopic (exact) mass is 423 g/mol. The minimum Gasteiger partial charge on any atom is -0.493 e. The van der Waals surface area contributed by atoms with Crippen LogP contribution in [0.2, 0.25) is 0 Å². The van der Waals surface area contributed by atoms with E-state index in [1.54, 1.807) is 21.1 Å². The fourth-order valence-electron chi connectivity index (χ4n) is 4.33. The van der Waals surface area contributed by atoms with Crippen LogP contribution in [0.1, 0.15) is 31.2 Å². The second-order valence-corrected chi connectivity index (χ2v) is 7.98. The number of carbonyl (C=O) groups excluding carboxylic acids is 1. The number of hydrogen-bond donors (Lipinski definition) is 1. The number of methoxy groups -OCH3 is 2. The van der Waals surface area contributed by atoms with Gasteiger partial charge in [0, 0.05) is 31.6 Å². The molecule has 4 rings (SSSR count). The molecule has 1 N–H and O–H groups in total. The molecule has 31 heavy (non-hydrogen) atoms. The maximum atomic E-state index is 11.4. The predicted molar refractivity (Wildman–Crippen MR) is 120 cm³/mol. The van der Waals surface area contributed by atoms with Gasteiger partial charge < -0.3 is 19.7 Å². The van der Waals surface area contributed by atoms with E-state index in [0.29, 0.717) is 11.5 Å². The lowest BCUT2D eigenvalue weighted by molar-refractivity contribution is -0.119. The number of anilines is 1. The molecule has 0 radical (unpaired) electrons. The molecule has 1 amide bonds. The molecule has 0 atom stereocenters. The molecule has 8 heteroatoms. The molecule has 1 saturated heterocycles. The summed E-state index contributed by atoms with van der Waals surface area (Å²) in [5, 5.41) is 7.82. The Bertz CT molecular complexity index is 1120. The van der Waals surface area contributed by atoms with E-state index in [0.717, 1.165) is 59.9 Å². The summed E-state index contributed by atoms with van der Waals surface area (Å²) in [5.41, 5.74) is 5.64. The molecule has 164 valence electrons. The Labute approximate surface area is 182 Å². The summed E-state index contributed by atoms with van der Waals surface area (Å²) < 4.78 is 12.8. The first-order valence-corrected chi connectivity index (χ1v) is 10.5. The van der Waals surface area contributed by atoms with Gasteiger partial charge in [0.25, 0.3) is 0 Å². The minimum atomic E-state index is 0.0315. The first kappa shape index (κ1) is 21.0. The molecule has 3 aromatic rings. The zero-order valence-electron chi connectivity index (χ0n) is 18.7. The topological polar surface area (TPSA) is 81.0 Å². The van der Waals surface area contributed by atoms with Gasteiger partial charge in [0.1, 0.15) is 0 Å². The van der Waals surface area contributed by atoms with Crippen molar-refractivity contribution in [2.45, 2.75) is 39.7 Å². The van der Waals surface area contributed by atoms with Crippen LogP contribution in [0.4, 0.5) is 5.69 Å². The maximum absolute atomic E-state index is 11.4. The van der Waals surface area contributed by atoms with Crippen LogP contribution in [0.5, 0.6) is 11.5 Å². The zero-order chi connectivity index (χ0) is 22.1. The van der Waals surface area contributed by atoms with Crippen molar-refractivity contribution < 1.29 is 14.3 Å². The number of rotatable bonds is 5. The van der Waals surface area contributed by atoms with Gasteiger partial charge in [-0.25, -0.2) is 9.50 Å². The summed E-state index contributed by atoms with van der Waals surface area (Å²) in [6.07, 6.45) is 1.82. The van der Waals surface area contributed by atoms with Crippen molar-refractivity contribution >= 4 is 17.2 Å². The lowest BCUT2D eigenvalue weighted by Crippen LogP contribution is -2.44. The van der Waals surface area contributed by atoms with Crippen molar-refractivity contribution in [3.05, 3.63) is 35.7 Å². The summed E-state index contributed by atoms with van der Waals surface area (Å²) in [6, 6.07) is 8.18. The largest absolute Gasteiger partial charge is 0.493 e. The number of piperidine rings is 1. The van der Waals surface area contributed by atoms with Gasteiger partial charge in [-0.05, 0) is 51.0 Å². The van der Waals surface area contributed by atoms with Crippen LogP contribution in [-0.4, -0.2) is 53.9 Å². The maximum Gasteiger partial charge on any atom is 0.217 e. The normalized spacial score (nSPS) is 14.7. The Morgan fingerprint density at radius 3 is 2.45 bits per heavy atom. The molecule has 1 aliphatic rings. The molecule has 1 fully saturated rings. The van der Waals surface area contributed by atoms with Gasteiger partial charge in [-0.15, -0.1) is 0 Å². The van der Waals surface area contributed by atoms with Gasteiger partial charge in [0.05, 0.1) is 37.0 Å². The highest BCUT2D eigenvalue weighted by Gasteiger charge is 2.24. The highest BCUT2D eigenvalue weighted by molar-refractivity contribution is 5.77. The van der Waals surface area contributed by atoms with E-state index in [-0.39, 0.29) is 11.9 Å². The van der Waals surface area contributed by atoms with Gasteiger partial charge in [0.2, 0.25) is 5.91 Å². The Morgan fingerprint density at radius 1 is 1.10 bits per heavy atom. The lowest BCUT2D eigenvalue weighted by Gasteiger charge is -2.33. The van der Waals surface area contributed by atoms with Crippen LogP contribution in [0, 0.1) is 13.8 Å². The third-order valence-electron chi connectivity index (χ3n) is 5.76. The molecule has 0 spiro atoms. The number of carbonyl (C=O) groups is 1. The smallest absolute Gasteiger partial charge is 0.217 e. The van der Waals surface area contributed by atoms with Gasteiger partial charge in [-0.3, -0.25) is 4.79 Å². The highest BCUT2D eigenvalue weighted by Crippen LogP contribution is 2.35. The molecule has 8 nitrogen and oxygen atoms in total. The quantitative estimate of drug-likeness (QED) is 0.679. The molecular formula is C23H29N5O3. The summed E-state index contributed by atoms with van der Waals surface area (Å²) >= 11 is 0. The summed E-state index contributed by atoms with van der Waals surface area (Å²) in [6.45, 7) is 7.30. The molecule has 0 unspecified atom stereocenters. The van der Waals surface area contributed by atoms with Crippen LogP contribution < -0.4 is 19.7 Å². The van der Waals surface area contributed by atoms with E-state index in [2.05, 4.69) is 16.3 Å². The van der Waals surface area contributed by atoms with E-state index in [9.17, 15) is 4.79 Å². The molecule has 0 aliphatic carbocycles. The van der Waals surface area contributed by atoms with Crippen LogP contribution >= 0.6 is 0 Å². The number of benzene rings is 1. The van der Waals surface area contributed by atoms with Crippen LogP contribution in [0.3, 0.4) is 0 Å². The minimum absolute atomic E-state index is 0.0315. The molecule has 1 aromatic carbocycles. The van der Waals surface area contributed by atoms with Crippen molar-refractivity contribution in [2.75, 3.05) is 32.2 Å². The Kier molecular flexibility index (Phi) is 5.71. The molecular weight excluding hydrogens is 394 g/mol. The van der Waals surface area contributed by atoms with Crippen molar-refractivity contribution in [1.82, 2.24) is 19.9 Å². The molecule has 1 aliphatic heterocycles. The van der Waals surface area contributed by atoms with Crippen LogP contribution in [0.25, 0.3) is 16.9 Å². The van der Waals surface area contributed by atoms with Crippen molar-refractivity contribution in [1.29, 1.82) is 0 Å². The Balaban J connectivity index is 1.74. The fourth-order valence-corrected chi connectivity index (χ4v) is 4.33. The number of nitrogens with zero attached hydrogens (tertiary/aromatic N) is 4. The number of hydrogen-bond acceptors (Lipinski definition) is 6. The number of fused-ring (bicyclic) bond motifs is 1. The summed E-state index contributed by atoms with van der Waals surface area (Å²) in [5.74, 6) is 1.39. The summed E-state index contributed by atoms with van der Waals surface area (Å²) in [4.78, 5) is 18.6. The van der Waals surface area contributed by atoms with E-state index in [1.165, 1.54) is 0 Å². The Morgan fingerprint density at radius 2 is 1.81 bits per heavy atom. The average Bonchev–Trinajstić information content (AvgIpc) is 3.08. The third kappa shape index (κ3) is 4.02. The van der Waals surface area contributed by atoms with Gasteiger partial charge >= 0.3 is 0 Å². The highest BCUT2D eigenvalue weighted by atomic mass is 16.5. The number of aryl methyl sites for hydroxylation is 2. The van der Waals surface area contributed by atoms with Gasteiger partial charge in [-0.2, -0.15) is 5.10 Å². The number of imidazole rings is 1. The first-order chi connectivity index (χ1) is 14.9. The Hall–Kier alpha value is -3.29. The zero-order valence-corrected chi connectivity index (χ0v) is 18.7. The van der Waals surface area contributed by atoms with E-state index in [1.807, 2.05) is 36.6 Å². The van der Waals surface area contributed by atoms with Crippen molar-refractivity contribution in [3.8, 4) is 22.8 Å². The molecule has 0 saturated carbocycles. The third-order valence-corrected chi connectivity index (χ3v) is 5.76. The van der Waals surface area contributed by atoms with Gasteiger partial charge in [-0.1, -0.05) is 0 Å². The average molecular weight is 424 g/mol. The number of aromatic nitrogens is 3. The van der Waals surface area contributed by atoms with Crippen LogP contribution in [0.15, 0.2) is 24.3 Å². The van der Waals surface area contributed by atoms with Crippen molar-refractivity contribution in [2.24, 2.45) is 0 Å². The predicted octanol–water partition coefficient (Wildman–Crippen LogP) is 3.14. The number of ether oxygens (including phenoxy) is 2.